The molecule has 0 aliphatic rings. The van der Waals surface area contributed by atoms with Gasteiger partial charge in [-0.15, -0.1) is 11.3 Å². The van der Waals surface area contributed by atoms with E-state index in [-0.39, 0.29) is 18.1 Å². The number of carbonyl (C=O) groups excluding carboxylic acids is 1. The van der Waals surface area contributed by atoms with Gasteiger partial charge in [0, 0.05) is 10.9 Å². The van der Waals surface area contributed by atoms with Crippen LogP contribution in [0.15, 0.2) is 22.0 Å². The Morgan fingerprint density at radius 1 is 1.45 bits per heavy atom. The lowest BCUT2D eigenvalue weighted by molar-refractivity contribution is -0.139. The molecule has 1 aromatic heterocycles. The van der Waals surface area contributed by atoms with Gasteiger partial charge in [0.15, 0.2) is 11.5 Å². The molecule has 7 heteroatoms. The van der Waals surface area contributed by atoms with Gasteiger partial charge in [0.25, 0.3) is 0 Å². The predicted octanol–water partition coefficient (Wildman–Crippen LogP) is 3.00. The molecule has 0 aliphatic carbocycles. The fourth-order valence-electron chi connectivity index (χ4n) is 1.59. The largest absolute Gasteiger partial charge is 0.503 e. The minimum absolute atomic E-state index is 0.0441. The molecule has 0 bridgehead atoms. The summed E-state index contributed by atoms with van der Waals surface area (Å²) in [6.45, 7) is 0. The van der Waals surface area contributed by atoms with Crippen molar-refractivity contribution in [1.82, 2.24) is 4.98 Å². The molecule has 0 spiro atoms. The molecule has 0 amide bonds. The summed E-state index contributed by atoms with van der Waals surface area (Å²) in [6.07, 6.45) is 0.142. The maximum absolute atomic E-state index is 11.2. The summed E-state index contributed by atoms with van der Waals surface area (Å²) in [5.74, 6) is 0.0769. The molecule has 1 N–H and O–H groups in total. The molecule has 106 valence electrons. The van der Waals surface area contributed by atoms with E-state index >= 15 is 0 Å². The van der Waals surface area contributed by atoms with Crippen LogP contribution in [0.5, 0.6) is 11.5 Å². The van der Waals surface area contributed by atoms with Crippen molar-refractivity contribution in [2.24, 2.45) is 0 Å². The van der Waals surface area contributed by atoms with Crippen LogP contribution in [0.4, 0.5) is 0 Å². The van der Waals surface area contributed by atoms with E-state index in [1.54, 1.807) is 17.5 Å². The van der Waals surface area contributed by atoms with Gasteiger partial charge in [-0.05, 0) is 28.1 Å². The van der Waals surface area contributed by atoms with Gasteiger partial charge in [-0.1, -0.05) is 0 Å². The Morgan fingerprint density at radius 2 is 2.20 bits per heavy atom. The standard InChI is InChI=1S/C13H12BrNO4S/c1-18-10-4-7(3-9(14)12(10)17)13-15-8(6-20-13)5-11(16)19-2/h3-4,6,17H,5H2,1-2H3. The van der Waals surface area contributed by atoms with Gasteiger partial charge in [0.05, 0.1) is 30.8 Å². The molecule has 2 aromatic rings. The maximum atomic E-state index is 11.2. The predicted molar refractivity (Wildman–Crippen MR) is 79.2 cm³/mol. The lowest BCUT2D eigenvalue weighted by Gasteiger charge is -2.07. The zero-order chi connectivity index (χ0) is 14.7. The number of benzene rings is 1. The summed E-state index contributed by atoms with van der Waals surface area (Å²) < 4.78 is 10.2. The number of hydrogen-bond donors (Lipinski definition) is 1. The highest BCUT2D eigenvalue weighted by atomic mass is 79.9. The van der Waals surface area contributed by atoms with Crippen molar-refractivity contribution in [3.63, 3.8) is 0 Å². The Labute approximate surface area is 128 Å². The van der Waals surface area contributed by atoms with E-state index in [1.807, 2.05) is 0 Å². The summed E-state index contributed by atoms with van der Waals surface area (Å²) in [6, 6.07) is 3.44. The summed E-state index contributed by atoms with van der Waals surface area (Å²) in [5.41, 5.74) is 1.45. The molecule has 20 heavy (non-hydrogen) atoms. The summed E-state index contributed by atoms with van der Waals surface area (Å²) in [4.78, 5) is 15.6. The van der Waals surface area contributed by atoms with E-state index in [2.05, 4.69) is 25.7 Å². The smallest absolute Gasteiger partial charge is 0.311 e. The van der Waals surface area contributed by atoms with Crippen molar-refractivity contribution < 1.29 is 19.4 Å². The van der Waals surface area contributed by atoms with E-state index in [1.165, 1.54) is 25.6 Å². The topological polar surface area (TPSA) is 68.7 Å². The first-order chi connectivity index (χ1) is 9.55. The molecule has 0 aliphatic heterocycles. The van der Waals surface area contributed by atoms with Crippen molar-refractivity contribution in [1.29, 1.82) is 0 Å². The quantitative estimate of drug-likeness (QED) is 0.851. The Balaban J connectivity index is 2.32. The number of phenolic OH excluding ortho intramolecular Hbond substituents is 1. The van der Waals surface area contributed by atoms with Crippen molar-refractivity contribution in [2.45, 2.75) is 6.42 Å². The average molecular weight is 358 g/mol. The first-order valence-electron chi connectivity index (χ1n) is 5.63. The number of methoxy groups -OCH3 is 2. The van der Waals surface area contributed by atoms with Crippen LogP contribution in [-0.4, -0.2) is 30.3 Å². The number of phenols is 1. The number of thiazole rings is 1. The van der Waals surface area contributed by atoms with Crippen LogP contribution >= 0.6 is 27.3 Å². The molecule has 2 rings (SSSR count). The Kier molecular flexibility index (Phi) is 4.61. The molecule has 1 aromatic carbocycles. The van der Waals surface area contributed by atoms with Gasteiger partial charge in [-0.25, -0.2) is 4.98 Å². The summed E-state index contributed by atoms with van der Waals surface area (Å²) in [7, 11) is 2.83. The molecule has 0 radical (unpaired) electrons. The summed E-state index contributed by atoms with van der Waals surface area (Å²) >= 11 is 4.68. The third-order valence-electron chi connectivity index (χ3n) is 2.60. The zero-order valence-electron chi connectivity index (χ0n) is 10.8. The van der Waals surface area contributed by atoms with Gasteiger partial charge in [0.1, 0.15) is 5.01 Å². The van der Waals surface area contributed by atoms with Crippen molar-refractivity contribution in [3.05, 3.63) is 27.7 Å². The fourth-order valence-corrected chi connectivity index (χ4v) is 2.84. The van der Waals surface area contributed by atoms with Crippen LogP contribution in [0.1, 0.15) is 5.69 Å². The van der Waals surface area contributed by atoms with Crippen LogP contribution in [0.2, 0.25) is 0 Å². The molecule has 0 saturated carbocycles. The zero-order valence-corrected chi connectivity index (χ0v) is 13.2. The van der Waals surface area contributed by atoms with Gasteiger partial charge < -0.3 is 14.6 Å². The highest BCUT2D eigenvalue weighted by molar-refractivity contribution is 9.10. The Bertz CT molecular complexity index is 641. The first kappa shape index (κ1) is 14.8. The van der Waals surface area contributed by atoms with E-state index in [0.29, 0.717) is 15.9 Å². The van der Waals surface area contributed by atoms with Crippen molar-refractivity contribution >= 4 is 33.2 Å². The second-order valence-electron chi connectivity index (χ2n) is 3.91. The van der Waals surface area contributed by atoms with Crippen LogP contribution in [0.25, 0.3) is 10.6 Å². The van der Waals surface area contributed by atoms with Crippen LogP contribution in [0.3, 0.4) is 0 Å². The molecule has 0 unspecified atom stereocenters. The third kappa shape index (κ3) is 3.10. The number of esters is 1. The molecular weight excluding hydrogens is 346 g/mol. The number of halogens is 1. The lowest BCUT2D eigenvalue weighted by Crippen LogP contribution is -2.04. The van der Waals surface area contributed by atoms with Crippen LogP contribution in [0, 0.1) is 0 Å². The van der Waals surface area contributed by atoms with Gasteiger partial charge in [-0.3, -0.25) is 4.79 Å². The Morgan fingerprint density at radius 3 is 2.85 bits per heavy atom. The molecule has 0 fully saturated rings. The minimum atomic E-state index is -0.327. The number of hydrogen-bond acceptors (Lipinski definition) is 6. The average Bonchev–Trinajstić information content (AvgIpc) is 2.90. The third-order valence-corrected chi connectivity index (χ3v) is 4.14. The maximum Gasteiger partial charge on any atom is 0.311 e. The first-order valence-corrected chi connectivity index (χ1v) is 7.30. The highest BCUT2D eigenvalue weighted by Gasteiger charge is 2.13. The van der Waals surface area contributed by atoms with Crippen LogP contribution < -0.4 is 4.74 Å². The number of ether oxygens (including phenoxy) is 2. The molecule has 0 atom stereocenters. The van der Waals surface area contributed by atoms with Gasteiger partial charge in [0.2, 0.25) is 0 Å². The minimum Gasteiger partial charge on any atom is -0.503 e. The van der Waals surface area contributed by atoms with E-state index < -0.39 is 0 Å². The lowest BCUT2D eigenvalue weighted by atomic mass is 10.2. The number of aromatic nitrogens is 1. The number of nitrogens with zero attached hydrogens (tertiary/aromatic N) is 1. The second-order valence-corrected chi connectivity index (χ2v) is 5.62. The van der Waals surface area contributed by atoms with Gasteiger partial charge in [-0.2, -0.15) is 0 Å². The monoisotopic (exact) mass is 357 g/mol. The molecular formula is C13H12BrNO4S. The Hall–Kier alpha value is -1.60. The highest BCUT2D eigenvalue weighted by Crippen LogP contribution is 2.39. The number of carbonyl (C=O) groups is 1. The SMILES string of the molecule is COC(=O)Cc1csc(-c2cc(Br)c(O)c(OC)c2)n1. The van der Waals surface area contributed by atoms with E-state index in [4.69, 9.17) is 4.74 Å². The number of aromatic hydroxyl groups is 1. The molecule has 5 nitrogen and oxygen atoms in total. The van der Waals surface area contributed by atoms with Crippen LogP contribution in [-0.2, 0) is 16.0 Å². The second kappa shape index (κ2) is 6.23. The van der Waals surface area contributed by atoms with Gasteiger partial charge >= 0.3 is 5.97 Å². The van der Waals surface area contributed by atoms with E-state index in [0.717, 1.165) is 10.6 Å². The fraction of sp³-hybridized carbons (Fsp3) is 0.231. The van der Waals surface area contributed by atoms with E-state index in [9.17, 15) is 9.90 Å². The van der Waals surface area contributed by atoms with Crippen molar-refractivity contribution in [3.8, 4) is 22.1 Å². The summed E-state index contributed by atoms with van der Waals surface area (Å²) in [5, 5.41) is 12.3. The normalized spacial score (nSPS) is 10.3. The molecule has 1 heterocycles. The number of rotatable bonds is 4. The molecule has 0 saturated heterocycles. The van der Waals surface area contributed by atoms with Crippen molar-refractivity contribution in [2.75, 3.05) is 14.2 Å².